The van der Waals surface area contributed by atoms with Crippen LogP contribution in [0, 0.1) is 0 Å². The van der Waals surface area contributed by atoms with Crippen LogP contribution in [0.3, 0.4) is 0 Å². The standard InChI is InChI=1S/C33H37N3O2S/c37-39(38,32-20-11-10-19-31(32)27-28-13-4-1-5-14-28)34-21-12-22-35-23-25-36(26-24-35)33(29-15-6-2-7-16-29)30-17-8-3-9-18-30/h1-11,13-20,33-34H,12,21-27H2. The number of nitrogens with zero attached hydrogens (tertiary/aromatic N) is 2. The van der Waals surface area contributed by atoms with Gasteiger partial charge in [-0.1, -0.05) is 109 Å². The Morgan fingerprint density at radius 3 is 1.82 bits per heavy atom. The van der Waals surface area contributed by atoms with Crippen LogP contribution in [0.15, 0.2) is 120 Å². The summed E-state index contributed by atoms with van der Waals surface area (Å²) < 4.78 is 29.1. The maximum absolute atomic E-state index is 13.2. The lowest BCUT2D eigenvalue weighted by molar-refractivity contribution is 0.109. The smallest absolute Gasteiger partial charge is 0.240 e. The summed E-state index contributed by atoms with van der Waals surface area (Å²) in [6.07, 6.45) is 1.37. The largest absolute Gasteiger partial charge is 0.301 e. The molecule has 0 saturated carbocycles. The second-order valence-electron chi connectivity index (χ2n) is 10.1. The summed E-state index contributed by atoms with van der Waals surface area (Å²) >= 11 is 0. The first-order chi connectivity index (χ1) is 19.1. The fourth-order valence-electron chi connectivity index (χ4n) is 5.44. The molecule has 4 aromatic rings. The molecular weight excluding hydrogens is 502 g/mol. The van der Waals surface area contributed by atoms with Crippen LogP contribution in [-0.2, 0) is 16.4 Å². The van der Waals surface area contributed by atoms with Gasteiger partial charge in [0.05, 0.1) is 10.9 Å². The molecule has 0 spiro atoms. The molecule has 1 fully saturated rings. The second-order valence-corrected chi connectivity index (χ2v) is 11.9. The quantitative estimate of drug-likeness (QED) is 0.261. The van der Waals surface area contributed by atoms with Crippen molar-refractivity contribution >= 4 is 10.0 Å². The number of hydrogen-bond donors (Lipinski definition) is 1. The van der Waals surface area contributed by atoms with E-state index in [4.69, 9.17) is 0 Å². The van der Waals surface area contributed by atoms with Gasteiger partial charge in [-0.15, -0.1) is 0 Å². The minimum absolute atomic E-state index is 0.248. The van der Waals surface area contributed by atoms with Gasteiger partial charge < -0.3 is 4.90 Å². The van der Waals surface area contributed by atoms with Crippen LogP contribution in [0.5, 0.6) is 0 Å². The van der Waals surface area contributed by atoms with Crippen LogP contribution in [0.1, 0.15) is 34.7 Å². The van der Waals surface area contributed by atoms with E-state index in [1.807, 2.05) is 42.5 Å². The van der Waals surface area contributed by atoms with Crippen LogP contribution >= 0.6 is 0 Å². The summed E-state index contributed by atoms with van der Waals surface area (Å²) in [5, 5.41) is 0. The Kier molecular flexibility index (Phi) is 9.22. The van der Waals surface area contributed by atoms with E-state index in [0.717, 1.165) is 50.3 Å². The maximum Gasteiger partial charge on any atom is 0.240 e. The first kappa shape index (κ1) is 27.3. The molecule has 5 rings (SSSR count). The van der Waals surface area contributed by atoms with Crippen LogP contribution < -0.4 is 4.72 Å². The predicted molar refractivity (Wildman–Crippen MR) is 158 cm³/mol. The zero-order valence-electron chi connectivity index (χ0n) is 22.3. The van der Waals surface area contributed by atoms with Gasteiger partial charge in [-0.05, 0) is 47.7 Å². The van der Waals surface area contributed by atoms with Crippen LogP contribution in [0.4, 0.5) is 0 Å². The fraction of sp³-hybridized carbons (Fsp3) is 0.273. The van der Waals surface area contributed by atoms with E-state index in [1.54, 1.807) is 12.1 Å². The third-order valence-corrected chi connectivity index (χ3v) is 9.01. The summed E-state index contributed by atoms with van der Waals surface area (Å²) in [6.45, 7) is 5.22. The van der Waals surface area contributed by atoms with E-state index >= 15 is 0 Å². The zero-order chi connectivity index (χ0) is 26.9. The van der Waals surface area contributed by atoms with Crippen molar-refractivity contribution in [3.8, 4) is 0 Å². The van der Waals surface area contributed by atoms with Crippen LogP contribution in [0.25, 0.3) is 0 Å². The van der Waals surface area contributed by atoms with E-state index in [2.05, 4.69) is 75.2 Å². The minimum Gasteiger partial charge on any atom is -0.301 e. The molecule has 5 nitrogen and oxygen atoms in total. The van der Waals surface area contributed by atoms with Gasteiger partial charge in [-0.3, -0.25) is 4.90 Å². The topological polar surface area (TPSA) is 52.7 Å². The molecule has 1 N–H and O–H groups in total. The molecule has 0 unspecified atom stereocenters. The van der Waals surface area contributed by atoms with E-state index in [-0.39, 0.29) is 6.04 Å². The van der Waals surface area contributed by atoms with Gasteiger partial charge in [0.2, 0.25) is 10.0 Å². The molecule has 1 saturated heterocycles. The second kappa shape index (κ2) is 13.2. The predicted octanol–water partition coefficient (Wildman–Crippen LogP) is 5.35. The summed E-state index contributed by atoms with van der Waals surface area (Å²) in [7, 11) is -3.57. The molecule has 1 heterocycles. The first-order valence-electron chi connectivity index (χ1n) is 13.8. The number of nitrogens with one attached hydrogen (secondary N) is 1. The molecule has 202 valence electrons. The molecule has 4 aromatic carbocycles. The molecule has 0 bridgehead atoms. The Hall–Kier alpha value is -3.29. The average Bonchev–Trinajstić information content (AvgIpc) is 2.98. The van der Waals surface area contributed by atoms with E-state index in [1.165, 1.54) is 11.1 Å². The Morgan fingerprint density at radius 2 is 1.21 bits per heavy atom. The van der Waals surface area contributed by atoms with Crippen molar-refractivity contribution < 1.29 is 8.42 Å². The van der Waals surface area contributed by atoms with Gasteiger partial charge in [0.15, 0.2) is 0 Å². The molecule has 1 aliphatic rings. The molecule has 0 aliphatic carbocycles. The molecule has 39 heavy (non-hydrogen) atoms. The van der Waals surface area contributed by atoms with Gasteiger partial charge in [-0.2, -0.15) is 0 Å². The van der Waals surface area contributed by atoms with Crippen molar-refractivity contribution in [2.45, 2.75) is 23.8 Å². The van der Waals surface area contributed by atoms with Crippen molar-refractivity contribution in [1.29, 1.82) is 0 Å². The fourth-order valence-corrected chi connectivity index (χ4v) is 6.76. The normalized spacial score (nSPS) is 15.0. The third-order valence-electron chi connectivity index (χ3n) is 7.45. The van der Waals surface area contributed by atoms with Crippen LogP contribution in [0.2, 0.25) is 0 Å². The maximum atomic E-state index is 13.2. The lowest BCUT2D eigenvalue weighted by Crippen LogP contribution is -2.48. The minimum atomic E-state index is -3.57. The number of rotatable bonds is 11. The Morgan fingerprint density at radius 1 is 0.667 bits per heavy atom. The summed E-state index contributed by atoms with van der Waals surface area (Å²) in [5.41, 5.74) is 4.55. The zero-order valence-corrected chi connectivity index (χ0v) is 23.1. The Labute approximate surface area is 233 Å². The Bertz CT molecular complexity index is 1370. The lowest BCUT2D eigenvalue weighted by atomic mass is 9.96. The van der Waals surface area contributed by atoms with E-state index < -0.39 is 10.0 Å². The average molecular weight is 540 g/mol. The summed E-state index contributed by atoms with van der Waals surface area (Å²) in [6, 6.07) is 39.0. The molecular formula is C33H37N3O2S. The van der Waals surface area contributed by atoms with Crippen LogP contribution in [-0.4, -0.2) is 57.5 Å². The highest BCUT2D eigenvalue weighted by molar-refractivity contribution is 7.89. The van der Waals surface area contributed by atoms with Gasteiger partial charge in [0, 0.05) is 32.7 Å². The van der Waals surface area contributed by atoms with E-state index in [9.17, 15) is 8.42 Å². The number of hydrogen-bond acceptors (Lipinski definition) is 4. The summed E-state index contributed by atoms with van der Waals surface area (Å²) in [4.78, 5) is 5.38. The van der Waals surface area contributed by atoms with Crippen molar-refractivity contribution in [3.63, 3.8) is 0 Å². The molecule has 1 aliphatic heterocycles. The van der Waals surface area contributed by atoms with Gasteiger partial charge in [0.1, 0.15) is 0 Å². The lowest BCUT2D eigenvalue weighted by Gasteiger charge is -2.39. The monoisotopic (exact) mass is 539 g/mol. The molecule has 6 heteroatoms. The summed E-state index contributed by atoms with van der Waals surface area (Å²) in [5.74, 6) is 0. The van der Waals surface area contributed by atoms with Crippen molar-refractivity contribution in [1.82, 2.24) is 14.5 Å². The SMILES string of the molecule is O=S(=O)(NCCCN1CCN(C(c2ccccc2)c2ccccc2)CC1)c1ccccc1Cc1ccccc1. The van der Waals surface area contributed by atoms with E-state index in [0.29, 0.717) is 17.9 Å². The number of benzene rings is 4. The van der Waals surface area contributed by atoms with Gasteiger partial charge in [-0.25, -0.2) is 13.1 Å². The molecule has 0 aromatic heterocycles. The highest BCUT2D eigenvalue weighted by Crippen LogP contribution is 2.29. The molecule has 0 amide bonds. The number of sulfonamides is 1. The molecule has 0 atom stereocenters. The van der Waals surface area contributed by atoms with Crippen molar-refractivity contribution in [3.05, 3.63) is 138 Å². The third kappa shape index (κ3) is 7.22. The van der Waals surface area contributed by atoms with Crippen molar-refractivity contribution in [2.75, 3.05) is 39.3 Å². The van der Waals surface area contributed by atoms with Gasteiger partial charge >= 0.3 is 0 Å². The highest BCUT2D eigenvalue weighted by Gasteiger charge is 2.26. The van der Waals surface area contributed by atoms with Gasteiger partial charge in [0.25, 0.3) is 0 Å². The Balaban J connectivity index is 1.13. The highest BCUT2D eigenvalue weighted by atomic mass is 32.2. The first-order valence-corrected chi connectivity index (χ1v) is 15.3. The van der Waals surface area contributed by atoms with Crippen molar-refractivity contribution in [2.24, 2.45) is 0 Å². The number of piperazine rings is 1. The molecule has 0 radical (unpaired) electrons.